The summed E-state index contributed by atoms with van der Waals surface area (Å²) in [7, 11) is 1.82. The Kier molecular flexibility index (Phi) is 3.44. The largest absolute Gasteiger partial charge is 0.461 e. The van der Waals surface area contributed by atoms with Gasteiger partial charge >= 0.3 is 0 Å². The Labute approximate surface area is 105 Å². The van der Waals surface area contributed by atoms with Gasteiger partial charge in [0.1, 0.15) is 0 Å². The quantitative estimate of drug-likeness (QED) is 0.770. The van der Waals surface area contributed by atoms with Crippen LogP contribution >= 0.6 is 0 Å². The molecular weight excluding hydrogens is 228 g/mol. The average Bonchev–Trinajstić information content (AvgIpc) is 2.92. The van der Waals surface area contributed by atoms with Crippen molar-refractivity contribution < 1.29 is 9.21 Å². The number of anilines is 1. The van der Waals surface area contributed by atoms with Crippen LogP contribution in [0.1, 0.15) is 16.1 Å². The van der Waals surface area contributed by atoms with E-state index in [0.717, 1.165) is 5.69 Å². The number of likely N-dealkylation sites (N-methyl/N-ethyl adjacent to an activating group) is 1. The fourth-order valence-corrected chi connectivity index (χ4v) is 1.61. The molecule has 4 heteroatoms. The maximum absolute atomic E-state index is 11.8. The molecule has 0 unspecified atom stereocenters. The first kappa shape index (κ1) is 11.9. The second kappa shape index (κ2) is 5.19. The predicted molar refractivity (Wildman–Crippen MR) is 67.5 cm³/mol. The molecule has 0 spiro atoms. The maximum Gasteiger partial charge on any atom is 0.217 e. The van der Waals surface area contributed by atoms with Crippen molar-refractivity contribution in [3.63, 3.8) is 0 Å². The van der Waals surface area contributed by atoms with Gasteiger partial charge in [-0.25, -0.2) is 0 Å². The number of benzene rings is 1. The summed E-state index contributed by atoms with van der Waals surface area (Å²) in [4.78, 5) is 13.6. The Morgan fingerprint density at radius 3 is 2.61 bits per heavy atom. The second-order valence-electron chi connectivity index (χ2n) is 3.92. The number of hydrogen-bond acceptors (Lipinski definition) is 4. The molecule has 90 valence electrons. The molecule has 0 N–H and O–H groups in total. The number of carbonyl (C=O) groups is 1. The van der Waals surface area contributed by atoms with Gasteiger partial charge in [0.05, 0.1) is 24.4 Å². The third-order valence-electron chi connectivity index (χ3n) is 2.61. The minimum atomic E-state index is -0.0770. The van der Waals surface area contributed by atoms with Gasteiger partial charge in [-0.15, -0.1) is 0 Å². The molecular formula is C14H12N2O2. The fourth-order valence-electron chi connectivity index (χ4n) is 1.61. The highest BCUT2D eigenvalue weighted by Gasteiger charge is 2.12. The van der Waals surface area contributed by atoms with Gasteiger partial charge in [0, 0.05) is 12.7 Å². The SMILES string of the molecule is CN(CC(=O)c1ccco1)c1ccc(C#N)cc1. The van der Waals surface area contributed by atoms with E-state index < -0.39 is 0 Å². The number of nitriles is 1. The van der Waals surface area contributed by atoms with E-state index in [1.54, 1.807) is 24.3 Å². The van der Waals surface area contributed by atoms with Crippen LogP contribution in [0.25, 0.3) is 0 Å². The van der Waals surface area contributed by atoms with Gasteiger partial charge < -0.3 is 9.32 Å². The third kappa shape index (κ3) is 2.58. The van der Waals surface area contributed by atoms with E-state index in [1.807, 2.05) is 24.1 Å². The molecule has 0 atom stereocenters. The molecule has 18 heavy (non-hydrogen) atoms. The van der Waals surface area contributed by atoms with Crippen LogP contribution < -0.4 is 4.90 Å². The Bertz CT molecular complexity index is 565. The van der Waals surface area contributed by atoms with E-state index in [9.17, 15) is 4.79 Å². The number of Topliss-reactive ketones (excluding diaryl/α,β-unsaturated/α-hetero) is 1. The van der Waals surface area contributed by atoms with Gasteiger partial charge in [0.2, 0.25) is 5.78 Å². The minimum absolute atomic E-state index is 0.0770. The van der Waals surface area contributed by atoms with E-state index in [4.69, 9.17) is 9.68 Å². The molecule has 1 heterocycles. The first-order valence-electron chi connectivity index (χ1n) is 5.48. The molecule has 0 aliphatic rings. The van der Waals surface area contributed by atoms with Crippen molar-refractivity contribution in [1.29, 1.82) is 5.26 Å². The van der Waals surface area contributed by atoms with Gasteiger partial charge in [-0.1, -0.05) is 0 Å². The van der Waals surface area contributed by atoms with Crippen molar-refractivity contribution in [2.75, 3.05) is 18.5 Å². The first-order valence-corrected chi connectivity index (χ1v) is 5.48. The molecule has 0 bridgehead atoms. The monoisotopic (exact) mass is 240 g/mol. The van der Waals surface area contributed by atoms with Crippen molar-refractivity contribution in [1.82, 2.24) is 0 Å². The van der Waals surface area contributed by atoms with Crippen LogP contribution in [0.5, 0.6) is 0 Å². The molecule has 0 amide bonds. The minimum Gasteiger partial charge on any atom is -0.461 e. The Hall–Kier alpha value is -2.54. The van der Waals surface area contributed by atoms with Gasteiger partial charge in [0.25, 0.3) is 0 Å². The molecule has 0 saturated carbocycles. The van der Waals surface area contributed by atoms with Crippen molar-refractivity contribution >= 4 is 11.5 Å². The molecule has 1 aromatic heterocycles. The van der Waals surface area contributed by atoms with Crippen LogP contribution in [0.15, 0.2) is 47.1 Å². The van der Waals surface area contributed by atoms with Crippen LogP contribution in [0, 0.1) is 11.3 Å². The Morgan fingerprint density at radius 1 is 1.33 bits per heavy atom. The number of ketones is 1. The molecule has 2 rings (SSSR count). The Balaban J connectivity index is 2.05. The van der Waals surface area contributed by atoms with Gasteiger partial charge in [-0.3, -0.25) is 4.79 Å². The molecule has 1 aromatic carbocycles. The number of nitrogens with zero attached hydrogens (tertiary/aromatic N) is 2. The number of hydrogen-bond donors (Lipinski definition) is 0. The summed E-state index contributed by atoms with van der Waals surface area (Å²) in [5.41, 5.74) is 1.48. The molecule has 0 fully saturated rings. The van der Waals surface area contributed by atoms with Crippen LogP contribution in [0.2, 0.25) is 0 Å². The van der Waals surface area contributed by atoms with E-state index in [1.165, 1.54) is 6.26 Å². The highest BCUT2D eigenvalue weighted by molar-refractivity contribution is 5.96. The van der Waals surface area contributed by atoms with Crippen molar-refractivity contribution in [3.8, 4) is 6.07 Å². The summed E-state index contributed by atoms with van der Waals surface area (Å²) in [5.74, 6) is 0.280. The van der Waals surface area contributed by atoms with E-state index >= 15 is 0 Å². The van der Waals surface area contributed by atoms with Crippen LogP contribution in [0.3, 0.4) is 0 Å². The van der Waals surface area contributed by atoms with E-state index in [0.29, 0.717) is 11.3 Å². The van der Waals surface area contributed by atoms with E-state index in [-0.39, 0.29) is 12.3 Å². The third-order valence-corrected chi connectivity index (χ3v) is 2.61. The van der Waals surface area contributed by atoms with Gasteiger partial charge in [-0.05, 0) is 36.4 Å². The molecule has 4 nitrogen and oxygen atoms in total. The lowest BCUT2D eigenvalue weighted by Gasteiger charge is -2.17. The van der Waals surface area contributed by atoms with E-state index in [2.05, 4.69) is 6.07 Å². The highest BCUT2D eigenvalue weighted by atomic mass is 16.3. The lowest BCUT2D eigenvalue weighted by Crippen LogP contribution is -2.25. The summed E-state index contributed by atoms with van der Waals surface area (Å²) < 4.78 is 5.05. The standard InChI is InChI=1S/C14H12N2O2/c1-16(10-13(17)14-3-2-8-18-14)12-6-4-11(9-15)5-7-12/h2-8H,10H2,1H3. The highest BCUT2D eigenvalue weighted by Crippen LogP contribution is 2.14. The maximum atomic E-state index is 11.8. The summed E-state index contributed by atoms with van der Waals surface area (Å²) in [6, 6.07) is 12.5. The van der Waals surface area contributed by atoms with Crippen LogP contribution in [-0.4, -0.2) is 19.4 Å². The Morgan fingerprint density at radius 2 is 2.06 bits per heavy atom. The molecule has 2 aromatic rings. The topological polar surface area (TPSA) is 57.2 Å². The lowest BCUT2D eigenvalue weighted by molar-refractivity contribution is 0.0974. The normalized spacial score (nSPS) is 9.78. The van der Waals surface area contributed by atoms with Crippen LogP contribution in [0.4, 0.5) is 5.69 Å². The summed E-state index contributed by atoms with van der Waals surface area (Å²) in [5, 5.41) is 8.71. The molecule has 0 saturated heterocycles. The zero-order valence-corrected chi connectivity index (χ0v) is 9.96. The number of furan rings is 1. The zero-order valence-electron chi connectivity index (χ0n) is 9.96. The fraction of sp³-hybridized carbons (Fsp3) is 0.143. The number of rotatable bonds is 4. The lowest BCUT2D eigenvalue weighted by atomic mass is 10.2. The predicted octanol–water partition coefficient (Wildman–Crippen LogP) is 2.47. The van der Waals surface area contributed by atoms with Gasteiger partial charge in [0.15, 0.2) is 5.76 Å². The second-order valence-corrected chi connectivity index (χ2v) is 3.92. The first-order chi connectivity index (χ1) is 8.70. The molecule has 0 aliphatic heterocycles. The van der Waals surface area contributed by atoms with Crippen molar-refractivity contribution in [3.05, 3.63) is 54.0 Å². The van der Waals surface area contributed by atoms with Crippen LogP contribution in [-0.2, 0) is 0 Å². The smallest absolute Gasteiger partial charge is 0.217 e. The molecule has 0 radical (unpaired) electrons. The summed E-state index contributed by atoms with van der Waals surface area (Å²) >= 11 is 0. The van der Waals surface area contributed by atoms with Gasteiger partial charge in [-0.2, -0.15) is 5.26 Å². The zero-order chi connectivity index (χ0) is 13.0. The molecule has 0 aliphatic carbocycles. The summed E-state index contributed by atoms with van der Waals surface area (Å²) in [6.07, 6.45) is 1.48. The summed E-state index contributed by atoms with van der Waals surface area (Å²) in [6.45, 7) is 0.236. The average molecular weight is 240 g/mol. The van der Waals surface area contributed by atoms with Crippen molar-refractivity contribution in [2.45, 2.75) is 0 Å². The van der Waals surface area contributed by atoms with Crippen molar-refractivity contribution in [2.24, 2.45) is 0 Å². The number of carbonyl (C=O) groups excluding carboxylic acids is 1.